The number of aromatic nitrogens is 1. The molecule has 1 heterocycles. The number of carbonyl (C=O) groups excluding carboxylic acids is 1. The molecule has 0 spiro atoms. The van der Waals surface area contributed by atoms with Gasteiger partial charge in [0.1, 0.15) is 0 Å². The quantitative estimate of drug-likeness (QED) is 0.342. The number of alkyl halides is 3. The van der Waals surface area contributed by atoms with E-state index in [0.29, 0.717) is 23.2 Å². The summed E-state index contributed by atoms with van der Waals surface area (Å²) in [6.07, 6.45) is 2.06. The van der Waals surface area contributed by atoms with Crippen LogP contribution in [0.3, 0.4) is 0 Å². The Bertz CT molecular complexity index is 1270. The van der Waals surface area contributed by atoms with E-state index >= 15 is 0 Å². The van der Waals surface area contributed by atoms with Crippen molar-refractivity contribution < 1.29 is 27.9 Å². The zero-order valence-corrected chi connectivity index (χ0v) is 20.5. The number of nitrogens with zero attached hydrogens (tertiary/aromatic N) is 1. The SMILES string of the molecule is Cc1c(CCC(=O)O)cccc1NC(=O)C(c1ccc(-c2cncc(C(F)(F)F)c2)cc1)C1CCCC1. The van der Waals surface area contributed by atoms with E-state index in [2.05, 4.69) is 10.3 Å². The van der Waals surface area contributed by atoms with Gasteiger partial charge in [0.25, 0.3) is 0 Å². The molecule has 1 atom stereocenters. The summed E-state index contributed by atoms with van der Waals surface area (Å²) in [6, 6.07) is 13.7. The van der Waals surface area contributed by atoms with Crippen LogP contribution < -0.4 is 5.32 Å². The largest absolute Gasteiger partial charge is 0.481 e. The number of hydrogen-bond donors (Lipinski definition) is 2. The third-order valence-corrected chi connectivity index (χ3v) is 7.13. The summed E-state index contributed by atoms with van der Waals surface area (Å²) in [4.78, 5) is 28.3. The van der Waals surface area contributed by atoms with Crippen molar-refractivity contribution in [3.8, 4) is 11.1 Å². The lowest BCUT2D eigenvalue weighted by Crippen LogP contribution is -2.27. The molecule has 1 aromatic heterocycles. The number of carboxylic acids is 1. The number of nitrogens with one attached hydrogen (secondary N) is 1. The fourth-order valence-corrected chi connectivity index (χ4v) is 5.11. The van der Waals surface area contributed by atoms with Crippen molar-refractivity contribution in [2.24, 2.45) is 5.92 Å². The fourth-order valence-electron chi connectivity index (χ4n) is 5.11. The van der Waals surface area contributed by atoms with Crippen molar-refractivity contribution in [3.05, 3.63) is 83.2 Å². The van der Waals surface area contributed by atoms with Gasteiger partial charge in [-0.05, 0) is 66.5 Å². The minimum absolute atomic E-state index is 0.0106. The minimum atomic E-state index is -4.47. The third-order valence-electron chi connectivity index (χ3n) is 7.13. The maximum Gasteiger partial charge on any atom is 0.417 e. The third kappa shape index (κ3) is 6.37. The van der Waals surface area contributed by atoms with Crippen molar-refractivity contribution >= 4 is 17.6 Å². The summed E-state index contributed by atoms with van der Waals surface area (Å²) in [5, 5.41) is 12.1. The lowest BCUT2D eigenvalue weighted by Gasteiger charge is -2.24. The molecule has 1 amide bonds. The van der Waals surface area contributed by atoms with Crippen LogP contribution in [0.5, 0.6) is 0 Å². The van der Waals surface area contributed by atoms with Crippen LogP contribution in [0.1, 0.15) is 60.3 Å². The summed E-state index contributed by atoms with van der Waals surface area (Å²) in [7, 11) is 0. The Labute approximate surface area is 213 Å². The molecule has 0 bridgehead atoms. The number of amides is 1. The number of aryl methyl sites for hydroxylation is 1. The molecule has 1 fully saturated rings. The van der Waals surface area contributed by atoms with Crippen molar-refractivity contribution in [1.82, 2.24) is 4.98 Å². The van der Waals surface area contributed by atoms with Gasteiger partial charge in [-0.25, -0.2) is 0 Å². The standard InChI is InChI=1S/C29H29F3N2O3/c1-18-19(13-14-26(35)36)7-4-8-25(18)34-28(37)27(21-5-2-3-6-21)22-11-9-20(10-12-22)23-15-24(17-33-16-23)29(30,31)32/h4,7-12,15-17,21,27H,2-3,5-6,13-14H2,1H3,(H,34,37)(H,35,36). The minimum Gasteiger partial charge on any atom is -0.481 e. The maximum absolute atomic E-state index is 13.6. The second-order valence-corrected chi connectivity index (χ2v) is 9.58. The number of anilines is 1. The van der Waals surface area contributed by atoms with E-state index in [4.69, 9.17) is 5.11 Å². The van der Waals surface area contributed by atoms with Gasteiger partial charge in [0, 0.05) is 30.1 Å². The molecule has 1 saturated carbocycles. The van der Waals surface area contributed by atoms with Crippen LogP contribution >= 0.6 is 0 Å². The highest BCUT2D eigenvalue weighted by Gasteiger charge is 2.33. The number of aliphatic carboxylic acids is 1. The Morgan fingerprint density at radius 2 is 1.76 bits per heavy atom. The predicted molar refractivity (Wildman–Crippen MR) is 135 cm³/mol. The molecule has 1 aliphatic carbocycles. The van der Waals surface area contributed by atoms with Crippen molar-refractivity contribution in [2.75, 3.05) is 5.32 Å². The Morgan fingerprint density at radius 1 is 1.05 bits per heavy atom. The van der Waals surface area contributed by atoms with Gasteiger partial charge in [-0.1, -0.05) is 49.2 Å². The normalized spacial score (nSPS) is 14.9. The van der Waals surface area contributed by atoms with Crippen LogP contribution in [0.2, 0.25) is 0 Å². The molecule has 37 heavy (non-hydrogen) atoms. The number of carbonyl (C=O) groups is 2. The molecule has 0 aliphatic heterocycles. The maximum atomic E-state index is 13.6. The van der Waals surface area contributed by atoms with Crippen molar-refractivity contribution in [1.29, 1.82) is 0 Å². The van der Waals surface area contributed by atoms with Gasteiger partial charge in [-0.2, -0.15) is 13.2 Å². The molecule has 194 valence electrons. The summed E-state index contributed by atoms with van der Waals surface area (Å²) in [5.41, 5.74) is 3.33. The van der Waals surface area contributed by atoms with Crippen LogP contribution in [0, 0.1) is 12.8 Å². The molecule has 3 aromatic rings. The fraction of sp³-hybridized carbons (Fsp3) is 0.345. The molecule has 2 N–H and O–H groups in total. The number of pyridine rings is 1. The Kier molecular flexibility index (Phi) is 7.95. The summed E-state index contributed by atoms with van der Waals surface area (Å²) >= 11 is 0. The van der Waals surface area contributed by atoms with E-state index in [1.807, 2.05) is 37.3 Å². The van der Waals surface area contributed by atoms with Gasteiger partial charge in [-0.3, -0.25) is 14.6 Å². The number of carboxylic acid groups (broad SMARTS) is 1. The van der Waals surface area contributed by atoms with Gasteiger partial charge >= 0.3 is 12.1 Å². The second kappa shape index (κ2) is 11.2. The van der Waals surface area contributed by atoms with E-state index in [-0.39, 0.29) is 18.2 Å². The number of halogens is 3. The van der Waals surface area contributed by atoms with Crippen LogP contribution in [-0.2, 0) is 22.2 Å². The molecule has 4 rings (SSSR count). The zero-order valence-electron chi connectivity index (χ0n) is 20.5. The molecule has 1 unspecified atom stereocenters. The van der Waals surface area contributed by atoms with Crippen LogP contribution in [-0.4, -0.2) is 22.0 Å². The average Bonchev–Trinajstić information content (AvgIpc) is 3.39. The number of rotatable bonds is 8. The lowest BCUT2D eigenvalue weighted by atomic mass is 9.83. The number of hydrogen-bond acceptors (Lipinski definition) is 3. The molecule has 8 heteroatoms. The first-order valence-corrected chi connectivity index (χ1v) is 12.4. The smallest absolute Gasteiger partial charge is 0.417 e. The first kappa shape index (κ1) is 26.4. The topological polar surface area (TPSA) is 79.3 Å². The zero-order chi connectivity index (χ0) is 26.6. The van der Waals surface area contributed by atoms with Crippen LogP contribution in [0.25, 0.3) is 11.1 Å². The highest BCUT2D eigenvalue weighted by Crippen LogP contribution is 2.39. The monoisotopic (exact) mass is 510 g/mol. The molecule has 0 radical (unpaired) electrons. The predicted octanol–water partition coefficient (Wildman–Crippen LogP) is 7.01. The van der Waals surface area contributed by atoms with Gasteiger partial charge in [0.05, 0.1) is 11.5 Å². The summed E-state index contributed by atoms with van der Waals surface area (Å²) in [5.74, 6) is -1.26. The number of benzene rings is 2. The van der Waals surface area contributed by atoms with Gasteiger partial charge in [0.15, 0.2) is 0 Å². The molecule has 5 nitrogen and oxygen atoms in total. The molecule has 2 aromatic carbocycles. The Hall–Kier alpha value is -3.68. The summed E-state index contributed by atoms with van der Waals surface area (Å²) in [6.45, 7) is 1.87. The van der Waals surface area contributed by atoms with Crippen LogP contribution in [0.15, 0.2) is 60.9 Å². The molecule has 1 aliphatic rings. The highest BCUT2D eigenvalue weighted by atomic mass is 19.4. The van der Waals surface area contributed by atoms with Gasteiger partial charge < -0.3 is 10.4 Å². The van der Waals surface area contributed by atoms with E-state index in [0.717, 1.165) is 54.6 Å². The van der Waals surface area contributed by atoms with Crippen molar-refractivity contribution in [2.45, 2.75) is 57.5 Å². The average molecular weight is 511 g/mol. The van der Waals surface area contributed by atoms with E-state index in [9.17, 15) is 22.8 Å². The highest BCUT2D eigenvalue weighted by molar-refractivity contribution is 5.97. The Balaban J connectivity index is 1.58. The molecule has 0 saturated heterocycles. The van der Waals surface area contributed by atoms with Crippen LogP contribution in [0.4, 0.5) is 18.9 Å². The summed E-state index contributed by atoms with van der Waals surface area (Å²) < 4.78 is 39.3. The van der Waals surface area contributed by atoms with E-state index in [1.54, 1.807) is 12.1 Å². The van der Waals surface area contributed by atoms with E-state index in [1.165, 1.54) is 6.20 Å². The van der Waals surface area contributed by atoms with Gasteiger partial charge in [-0.15, -0.1) is 0 Å². The molecular formula is C29H29F3N2O3. The molecular weight excluding hydrogens is 481 g/mol. The lowest BCUT2D eigenvalue weighted by molar-refractivity contribution is -0.138. The first-order chi connectivity index (χ1) is 17.6. The van der Waals surface area contributed by atoms with Crippen molar-refractivity contribution in [3.63, 3.8) is 0 Å². The Morgan fingerprint density at radius 3 is 2.41 bits per heavy atom. The van der Waals surface area contributed by atoms with Gasteiger partial charge in [0.2, 0.25) is 5.91 Å². The second-order valence-electron chi connectivity index (χ2n) is 9.58. The van der Waals surface area contributed by atoms with E-state index < -0.39 is 23.6 Å². The first-order valence-electron chi connectivity index (χ1n) is 12.4.